The monoisotopic (exact) mass is 432 g/mol. The first-order valence-corrected chi connectivity index (χ1v) is 10.9. The highest BCUT2D eigenvalue weighted by Crippen LogP contribution is 2.19. The predicted molar refractivity (Wildman–Crippen MR) is 122 cm³/mol. The molecule has 158 valence electrons. The van der Waals surface area contributed by atoms with Crippen molar-refractivity contribution in [1.29, 1.82) is 0 Å². The van der Waals surface area contributed by atoms with Crippen molar-refractivity contribution in [3.63, 3.8) is 0 Å². The zero-order valence-corrected chi connectivity index (χ0v) is 18.6. The highest BCUT2D eigenvalue weighted by molar-refractivity contribution is 7.09. The van der Waals surface area contributed by atoms with E-state index in [2.05, 4.69) is 15.4 Å². The van der Waals surface area contributed by atoms with E-state index in [1.165, 1.54) is 0 Å². The van der Waals surface area contributed by atoms with Crippen LogP contribution in [0.4, 0.5) is 0 Å². The van der Waals surface area contributed by atoms with Crippen molar-refractivity contribution in [3.8, 4) is 11.4 Å². The van der Waals surface area contributed by atoms with Crippen LogP contribution in [0.15, 0.2) is 60.0 Å². The van der Waals surface area contributed by atoms with Gasteiger partial charge in [0.1, 0.15) is 12.4 Å². The van der Waals surface area contributed by atoms with Gasteiger partial charge in [0.15, 0.2) is 0 Å². The number of carbonyl (C=O) groups excluding carboxylic acids is 1. The molecule has 0 fully saturated rings. The maximum Gasteiger partial charge on any atom is 0.251 e. The van der Waals surface area contributed by atoms with E-state index in [0.29, 0.717) is 24.5 Å². The molecule has 1 amide bonds. The van der Waals surface area contributed by atoms with Gasteiger partial charge in [0, 0.05) is 28.7 Å². The van der Waals surface area contributed by atoms with Crippen LogP contribution in [0.3, 0.4) is 0 Å². The first-order chi connectivity index (χ1) is 15.0. The number of nitrogens with one attached hydrogen (secondary N) is 1. The lowest BCUT2D eigenvalue weighted by atomic mass is 10.1. The van der Waals surface area contributed by atoms with E-state index < -0.39 is 0 Å². The summed E-state index contributed by atoms with van der Waals surface area (Å²) in [6, 6.07) is 17.2. The van der Waals surface area contributed by atoms with E-state index in [4.69, 9.17) is 4.74 Å². The molecule has 0 spiro atoms. The van der Waals surface area contributed by atoms with Crippen molar-refractivity contribution in [2.45, 2.75) is 33.9 Å². The van der Waals surface area contributed by atoms with Crippen LogP contribution in [0, 0.1) is 20.8 Å². The van der Waals surface area contributed by atoms with Gasteiger partial charge in [0.25, 0.3) is 5.91 Å². The maximum atomic E-state index is 12.7. The Hall–Kier alpha value is -3.45. The Balaban J connectivity index is 1.42. The summed E-state index contributed by atoms with van der Waals surface area (Å²) < 4.78 is 7.71. The quantitative estimate of drug-likeness (QED) is 0.457. The molecule has 0 bridgehead atoms. The van der Waals surface area contributed by atoms with Crippen molar-refractivity contribution < 1.29 is 9.53 Å². The highest BCUT2D eigenvalue weighted by atomic mass is 32.1. The first-order valence-electron chi connectivity index (χ1n) is 10.0. The van der Waals surface area contributed by atoms with Gasteiger partial charge in [-0.25, -0.2) is 9.67 Å². The second-order valence-electron chi connectivity index (χ2n) is 7.25. The maximum absolute atomic E-state index is 12.7. The van der Waals surface area contributed by atoms with Crippen LogP contribution in [-0.2, 0) is 13.2 Å². The van der Waals surface area contributed by atoms with Gasteiger partial charge in [-0.15, -0.1) is 11.3 Å². The third-order valence-corrected chi connectivity index (χ3v) is 5.84. The number of para-hydroxylation sites is 1. The van der Waals surface area contributed by atoms with Gasteiger partial charge in [-0.3, -0.25) is 4.79 Å². The molecular formula is C24H24N4O2S. The first kappa shape index (κ1) is 20.8. The largest absolute Gasteiger partial charge is 0.487 e. The predicted octanol–water partition coefficient (Wildman–Crippen LogP) is 4.76. The smallest absolute Gasteiger partial charge is 0.251 e. The van der Waals surface area contributed by atoms with Gasteiger partial charge in [-0.1, -0.05) is 24.3 Å². The summed E-state index contributed by atoms with van der Waals surface area (Å²) in [4.78, 5) is 17.1. The summed E-state index contributed by atoms with van der Waals surface area (Å²) in [6.45, 7) is 6.73. The van der Waals surface area contributed by atoms with Crippen LogP contribution in [0.5, 0.6) is 5.75 Å². The molecule has 0 radical (unpaired) electrons. The van der Waals surface area contributed by atoms with Gasteiger partial charge < -0.3 is 10.1 Å². The van der Waals surface area contributed by atoms with Crippen LogP contribution in [0.1, 0.15) is 38.0 Å². The molecule has 0 aliphatic carbocycles. The summed E-state index contributed by atoms with van der Waals surface area (Å²) in [5.41, 5.74) is 5.37. The minimum Gasteiger partial charge on any atom is -0.487 e. The molecule has 0 saturated heterocycles. The molecule has 7 heteroatoms. The molecule has 1 N–H and O–H groups in total. The van der Waals surface area contributed by atoms with Crippen molar-refractivity contribution in [1.82, 2.24) is 20.1 Å². The summed E-state index contributed by atoms with van der Waals surface area (Å²) in [7, 11) is 0. The minimum atomic E-state index is -0.152. The molecule has 0 aliphatic rings. The number of carbonyl (C=O) groups is 1. The van der Waals surface area contributed by atoms with E-state index in [9.17, 15) is 4.79 Å². The second kappa shape index (κ2) is 9.14. The van der Waals surface area contributed by atoms with Gasteiger partial charge in [0.2, 0.25) is 0 Å². The summed E-state index contributed by atoms with van der Waals surface area (Å²) >= 11 is 1.59. The van der Waals surface area contributed by atoms with Crippen LogP contribution in [-0.4, -0.2) is 20.7 Å². The summed E-state index contributed by atoms with van der Waals surface area (Å²) in [5.74, 6) is 0.490. The number of aryl methyl sites for hydroxylation is 2. The third kappa shape index (κ3) is 4.83. The number of thiazole rings is 1. The molecular weight excluding hydrogens is 408 g/mol. The van der Waals surface area contributed by atoms with Crippen molar-refractivity contribution in [2.24, 2.45) is 0 Å². The Kier molecular flexibility index (Phi) is 6.13. The van der Waals surface area contributed by atoms with Gasteiger partial charge in [0.05, 0.1) is 22.1 Å². The van der Waals surface area contributed by atoms with Gasteiger partial charge in [-0.2, -0.15) is 5.10 Å². The summed E-state index contributed by atoms with van der Waals surface area (Å²) in [6.07, 6.45) is 0. The standard InChI is InChI=1S/C24H24N4O2S/c1-16-23(17(2)28(27-16)21-9-5-4-6-10-21)13-25-24(29)19-8-7-11-22(12-19)30-14-20-15-31-18(3)26-20/h4-12,15H,13-14H2,1-3H3,(H,25,29). The molecule has 4 aromatic rings. The Labute approximate surface area is 185 Å². The average Bonchev–Trinajstić information content (AvgIpc) is 3.33. The lowest BCUT2D eigenvalue weighted by Gasteiger charge is -2.09. The zero-order chi connectivity index (χ0) is 21.8. The summed E-state index contributed by atoms with van der Waals surface area (Å²) in [5, 5.41) is 10.6. The fourth-order valence-corrected chi connectivity index (χ4v) is 3.98. The molecule has 2 aromatic heterocycles. The third-order valence-electron chi connectivity index (χ3n) is 5.02. The molecule has 31 heavy (non-hydrogen) atoms. The lowest BCUT2D eigenvalue weighted by molar-refractivity contribution is 0.0950. The van der Waals surface area contributed by atoms with Gasteiger partial charge in [-0.05, 0) is 51.1 Å². The fourth-order valence-electron chi connectivity index (χ4n) is 3.38. The Morgan fingerprint density at radius 3 is 2.65 bits per heavy atom. The van der Waals surface area contributed by atoms with Crippen LogP contribution >= 0.6 is 11.3 Å². The molecule has 0 atom stereocenters. The van der Waals surface area contributed by atoms with Crippen molar-refractivity contribution in [3.05, 3.63) is 93.2 Å². The highest BCUT2D eigenvalue weighted by Gasteiger charge is 2.14. The lowest BCUT2D eigenvalue weighted by Crippen LogP contribution is -2.23. The van der Waals surface area contributed by atoms with Crippen molar-refractivity contribution >= 4 is 17.2 Å². The molecule has 4 rings (SSSR count). The molecule has 6 nitrogen and oxygen atoms in total. The molecule has 2 heterocycles. The normalized spacial score (nSPS) is 10.8. The van der Waals surface area contributed by atoms with Crippen molar-refractivity contribution in [2.75, 3.05) is 0 Å². The number of ether oxygens (including phenoxy) is 1. The molecule has 2 aromatic carbocycles. The second-order valence-corrected chi connectivity index (χ2v) is 8.32. The number of rotatable bonds is 7. The minimum absolute atomic E-state index is 0.152. The van der Waals surface area contributed by atoms with Crippen LogP contribution in [0.25, 0.3) is 5.69 Å². The van der Waals surface area contributed by atoms with E-state index in [1.54, 1.807) is 23.5 Å². The zero-order valence-electron chi connectivity index (χ0n) is 17.8. The number of hydrogen-bond donors (Lipinski definition) is 1. The Morgan fingerprint density at radius 2 is 1.90 bits per heavy atom. The SMILES string of the molecule is Cc1nc(COc2cccc(C(=O)NCc3c(C)nn(-c4ccccc4)c3C)c2)cs1. The molecule has 0 unspecified atom stereocenters. The van der Waals surface area contributed by atoms with E-state index >= 15 is 0 Å². The number of nitrogens with zero attached hydrogens (tertiary/aromatic N) is 3. The number of benzene rings is 2. The van der Waals surface area contributed by atoms with E-state index in [1.807, 2.05) is 73.3 Å². The van der Waals surface area contributed by atoms with Crippen LogP contribution in [0.2, 0.25) is 0 Å². The number of amides is 1. The van der Waals surface area contributed by atoms with Gasteiger partial charge >= 0.3 is 0 Å². The molecule has 0 aliphatic heterocycles. The van der Waals surface area contributed by atoms with E-state index in [-0.39, 0.29) is 5.91 Å². The molecule has 0 saturated carbocycles. The average molecular weight is 433 g/mol. The fraction of sp³-hybridized carbons (Fsp3) is 0.208. The Bertz CT molecular complexity index is 1200. The van der Waals surface area contributed by atoms with E-state index in [0.717, 1.165) is 33.3 Å². The topological polar surface area (TPSA) is 69.0 Å². The number of aromatic nitrogens is 3. The Morgan fingerprint density at radius 1 is 1.10 bits per heavy atom. The number of hydrogen-bond acceptors (Lipinski definition) is 5. The van der Waals surface area contributed by atoms with Crippen LogP contribution < -0.4 is 10.1 Å².